The van der Waals surface area contributed by atoms with Crippen LogP contribution < -0.4 is 4.74 Å². The van der Waals surface area contributed by atoms with Crippen LogP contribution >= 0.6 is 0 Å². The van der Waals surface area contributed by atoms with Gasteiger partial charge in [0.2, 0.25) is 0 Å². The van der Waals surface area contributed by atoms with E-state index in [0.717, 1.165) is 57.3 Å². The zero-order valence-corrected chi connectivity index (χ0v) is 24.2. The molecule has 0 atom stereocenters. The minimum Gasteiger partial charge on any atom is -0.482 e. The summed E-state index contributed by atoms with van der Waals surface area (Å²) in [5.41, 5.74) is 11.2. The SMILES string of the molecule is Cc1cc(-c2ccc(CCC(=O)O)cc2Cc2ccccc2)cc(C)c1-c1ccc(OCC(=O)O)c(CC(C)C)c1. The Kier molecular flexibility index (Phi) is 9.61. The van der Waals surface area contributed by atoms with Crippen molar-refractivity contribution in [3.63, 3.8) is 0 Å². The summed E-state index contributed by atoms with van der Waals surface area (Å²) in [6, 6.07) is 27.1. The first-order valence-corrected chi connectivity index (χ1v) is 14.1. The monoisotopic (exact) mass is 550 g/mol. The number of carboxylic acids is 2. The molecule has 0 radical (unpaired) electrons. The topological polar surface area (TPSA) is 83.8 Å². The predicted molar refractivity (Wildman–Crippen MR) is 164 cm³/mol. The van der Waals surface area contributed by atoms with Crippen molar-refractivity contribution in [2.45, 2.75) is 53.4 Å². The molecule has 0 heterocycles. The molecule has 0 saturated heterocycles. The second kappa shape index (κ2) is 13.3. The van der Waals surface area contributed by atoms with Gasteiger partial charge in [0.1, 0.15) is 5.75 Å². The molecule has 41 heavy (non-hydrogen) atoms. The lowest BCUT2D eigenvalue weighted by Crippen LogP contribution is -2.11. The maximum Gasteiger partial charge on any atom is 0.341 e. The fraction of sp³-hybridized carbons (Fsp3) is 0.278. The molecule has 2 N–H and O–H groups in total. The van der Waals surface area contributed by atoms with Gasteiger partial charge in [-0.1, -0.05) is 80.6 Å². The third-order valence-corrected chi connectivity index (χ3v) is 7.21. The van der Waals surface area contributed by atoms with E-state index in [4.69, 9.17) is 9.84 Å². The molecule has 4 aromatic rings. The van der Waals surface area contributed by atoms with Gasteiger partial charge in [-0.2, -0.15) is 0 Å². The van der Waals surface area contributed by atoms with E-state index in [-0.39, 0.29) is 13.0 Å². The number of hydrogen-bond donors (Lipinski definition) is 2. The van der Waals surface area contributed by atoms with Gasteiger partial charge in [-0.25, -0.2) is 4.79 Å². The molecule has 5 heteroatoms. The Hall–Kier alpha value is -4.38. The standard InChI is InChI=1S/C36H38O5/c1-23(2)16-31-21-28(12-14-33(31)41-22-35(39)40)36-24(3)17-29(18-25(36)4)32-13-10-27(11-15-34(37)38)20-30(32)19-26-8-6-5-7-9-26/h5-10,12-14,17-18,20-21,23H,11,15-16,19,22H2,1-4H3,(H,37,38)(H,39,40). The van der Waals surface area contributed by atoms with Crippen LogP contribution in [0.15, 0.2) is 78.9 Å². The Morgan fingerprint density at radius 2 is 1.46 bits per heavy atom. The molecule has 0 amide bonds. The van der Waals surface area contributed by atoms with E-state index in [0.29, 0.717) is 18.1 Å². The molecule has 0 fully saturated rings. The Labute approximate surface area is 242 Å². The van der Waals surface area contributed by atoms with Gasteiger partial charge in [0.25, 0.3) is 0 Å². The molecular formula is C36H38O5. The first-order chi connectivity index (χ1) is 19.6. The lowest BCUT2D eigenvalue weighted by Gasteiger charge is -2.19. The van der Waals surface area contributed by atoms with E-state index in [2.05, 4.69) is 70.2 Å². The van der Waals surface area contributed by atoms with E-state index in [1.54, 1.807) is 0 Å². The van der Waals surface area contributed by atoms with Crippen molar-refractivity contribution in [3.8, 4) is 28.0 Å². The molecule has 0 aromatic heterocycles. The zero-order valence-electron chi connectivity index (χ0n) is 24.2. The van der Waals surface area contributed by atoms with Crippen LogP contribution in [0.1, 0.15) is 53.6 Å². The number of aliphatic carboxylic acids is 2. The lowest BCUT2D eigenvalue weighted by atomic mass is 9.87. The average Bonchev–Trinajstić information content (AvgIpc) is 2.91. The molecule has 0 saturated carbocycles. The van der Waals surface area contributed by atoms with Crippen LogP contribution in [-0.4, -0.2) is 28.8 Å². The van der Waals surface area contributed by atoms with Crippen LogP contribution in [0.2, 0.25) is 0 Å². The van der Waals surface area contributed by atoms with E-state index in [1.165, 1.54) is 11.1 Å². The number of carboxylic acid groups (broad SMARTS) is 2. The van der Waals surface area contributed by atoms with Gasteiger partial charge in [-0.05, 0) is 107 Å². The van der Waals surface area contributed by atoms with E-state index < -0.39 is 11.9 Å². The van der Waals surface area contributed by atoms with E-state index in [9.17, 15) is 14.7 Å². The van der Waals surface area contributed by atoms with Gasteiger partial charge in [0.05, 0.1) is 0 Å². The zero-order chi connectivity index (χ0) is 29.5. The van der Waals surface area contributed by atoms with Gasteiger partial charge in [-0.3, -0.25) is 4.79 Å². The van der Waals surface area contributed by atoms with Crippen molar-refractivity contribution >= 4 is 11.9 Å². The summed E-state index contributed by atoms with van der Waals surface area (Å²) < 4.78 is 5.60. The normalized spacial score (nSPS) is 11.0. The van der Waals surface area contributed by atoms with Crippen LogP contribution in [0.3, 0.4) is 0 Å². The van der Waals surface area contributed by atoms with Crippen LogP contribution in [0, 0.1) is 19.8 Å². The summed E-state index contributed by atoms with van der Waals surface area (Å²) in [6.45, 7) is 8.16. The Bertz CT molecular complexity index is 1510. The van der Waals surface area contributed by atoms with Gasteiger partial charge in [-0.15, -0.1) is 0 Å². The minimum absolute atomic E-state index is 0.107. The smallest absolute Gasteiger partial charge is 0.341 e. The molecular weight excluding hydrogens is 512 g/mol. The largest absolute Gasteiger partial charge is 0.482 e. The predicted octanol–water partition coefficient (Wildman–Crippen LogP) is 7.91. The first kappa shape index (κ1) is 29.6. The Morgan fingerprint density at radius 3 is 2.10 bits per heavy atom. The third-order valence-electron chi connectivity index (χ3n) is 7.21. The fourth-order valence-corrected chi connectivity index (χ4v) is 5.49. The summed E-state index contributed by atoms with van der Waals surface area (Å²) in [4.78, 5) is 22.3. The second-order valence-electron chi connectivity index (χ2n) is 11.1. The summed E-state index contributed by atoms with van der Waals surface area (Å²) in [7, 11) is 0. The van der Waals surface area contributed by atoms with Crippen molar-refractivity contribution in [1.29, 1.82) is 0 Å². The maximum absolute atomic E-state index is 11.2. The molecule has 0 unspecified atom stereocenters. The molecule has 5 nitrogen and oxygen atoms in total. The number of hydrogen-bond acceptors (Lipinski definition) is 3. The molecule has 0 bridgehead atoms. The summed E-state index contributed by atoms with van der Waals surface area (Å²) in [6.07, 6.45) is 2.15. The van der Waals surface area contributed by atoms with Crippen molar-refractivity contribution in [2.24, 2.45) is 5.92 Å². The van der Waals surface area contributed by atoms with Crippen LogP contribution in [-0.2, 0) is 28.9 Å². The van der Waals surface area contributed by atoms with Crippen molar-refractivity contribution in [1.82, 2.24) is 0 Å². The molecule has 0 aliphatic rings. The summed E-state index contributed by atoms with van der Waals surface area (Å²) >= 11 is 0. The third kappa shape index (κ3) is 7.85. The fourth-order valence-electron chi connectivity index (χ4n) is 5.49. The van der Waals surface area contributed by atoms with Gasteiger partial charge in [0, 0.05) is 6.42 Å². The van der Waals surface area contributed by atoms with Gasteiger partial charge in [0.15, 0.2) is 6.61 Å². The quantitative estimate of drug-likeness (QED) is 0.187. The minimum atomic E-state index is -0.992. The number of ether oxygens (including phenoxy) is 1. The van der Waals surface area contributed by atoms with Gasteiger partial charge < -0.3 is 14.9 Å². The highest BCUT2D eigenvalue weighted by atomic mass is 16.5. The highest BCUT2D eigenvalue weighted by Gasteiger charge is 2.16. The Morgan fingerprint density at radius 1 is 0.756 bits per heavy atom. The first-order valence-electron chi connectivity index (χ1n) is 14.1. The molecule has 4 aromatic carbocycles. The number of carbonyl (C=O) groups is 2. The van der Waals surface area contributed by atoms with Crippen LogP contribution in [0.4, 0.5) is 0 Å². The number of benzene rings is 4. The molecule has 0 aliphatic carbocycles. The number of rotatable bonds is 12. The Balaban J connectivity index is 1.74. The van der Waals surface area contributed by atoms with Crippen LogP contribution in [0.25, 0.3) is 22.3 Å². The maximum atomic E-state index is 11.2. The van der Waals surface area contributed by atoms with Crippen molar-refractivity contribution in [3.05, 3.63) is 112 Å². The molecule has 0 aliphatic heterocycles. The molecule has 212 valence electrons. The van der Waals surface area contributed by atoms with Crippen LogP contribution in [0.5, 0.6) is 5.75 Å². The molecule has 4 rings (SSSR count). The summed E-state index contributed by atoms with van der Waals surface area (Å²) in [5, 5.41) is 18.3. The van der Waals surface area contributed by atoms with E-state index >= 15 is 0 Å². The lowest BCUT2D eigenvalue weighted by molar-refractivity contribution is -0.139. The number of aryl methyl sites for hydroxylation is 3. The molecule has 0 spiro atoms. The van der Waals surface area contributed by atoms with Crippen molar-refractivity contribution < 1.29 is 24.5 Å². The second-order valence-corrected chi connectivity index (χ2v) is 11.1. The van der Waals surface area contributed by atoms with E-state index in [1.807, 2.05) is 36.4 Å². The van der Waals surface area contributed by atoms with Crippen molar-refractivity contribution in [2.75, 3.05) is 6.61 Å². The highest BCUT2D eigenvalue weighted by Crippen LogP contribution is 2.36. The average molecular weight is 551 g/mol. The highest BCUT2D eigenvalue weighted by molar-refractivity contribution is 5.79. The van der Waals surface area contributed by atoms with Gasteiger partial charge >= 0.3 is 11.9 Å². The summed E-state index contributed by atoms with van der Waals surface area (Å²) in [5.74, 6) is -0.777.